The zero-order chi connectivity index (χ0) is 24.5. The minimum Gasteiger partial charge on any atom is -0.450 e. The fourth-order valence-corrected chi connectivity index (χ4v) is 3.70. The van der Waals surface area contributed by atoms with Gasteiger partial charge in [-0.3, -0.25) is 10.1 Å². The molecule has 4 aromatic rings. The van der Waals surface area contributed by atoms with Gasteiger partial charge in [0.2, 0.25) is 5.75 Å². The second-order valence-electron chi connectivity index (χ2n) is 9.01. The summed E-state index contributed by atoms with van der Waals surface area (Å²) in [6, 6.07) is 21.9. The van der Waals surface area contributed by atoms with Crippen LogP contribution in [0.1, 0.15) is 37.7 Å². The molecule has 0 aliphatic carbocycles. The average molecular weight is 453 g/mol. The molecule has 7 heteroatoms. The highest BCUT2D eigenvalue weighted by Gasteiger charge is 2.19. The standard InChI is InChI=1S/C27H24N4O3/c1-27(2,3)20-10-12-21(13-11-20)34-25-14-9-18(16-24(25)31(32)33)15-19(17-28)26-29-22-7-5-6-8-23(22)30(26)4/h5-16H,1-4H3. The second-order valence-corrected chi connectivity index (χ2v) is 9.01. The van der Waals surface area contributed by atoms with Crippen LogP contribution in [0.2, 0.25) is 0 Å². The van der Waals surface area contributed by atoms with Gasteiger partial charge in [0.15, 0.2) is 5.82 Å². The Balaban J connectivity index is 1.68. The molecule has 0 saturated carbocycles. The van der Waals surface area contributed by atoms with E-state index in [1.807, 2.05) is 48.0 Å². The first-order valence-electron chi connectivity index (χ1n) is 10.8. The van der Waals surface area contributed by atoms with Crippen molar-refractivity contribution in [3.05, 3.63) is 93.8 Å². The van der Waals surface area contributed by atoms with Gasteiger partial charge in [0.05, 0.1) is 21.5 Å². The maximum absolute atomic E-state index is 11.8. The monoisotopic (exact) mass is 452 g/mol. The lowest BCUT2D eigenvalue weighted by molar-refractivity contribution is -0.385. The predicted molar refractivity (Wildman–Crippen MR) is 133 cm³/mol. The van der Waals surface area contributed by atoms with Gasteiger partial charge in [0.1, 0.15) is 11.8 Å². The maximum Gasteiger partial charge on any atom is 0.312 e. The summed E-state index contributed by atoms with van der Waals surface area (Å²) in [6.45, 7) is 6.34. The Morgan fingerprint density at radius 2 is 1.82 bits per heavy atom. The highest BCUT2D eigenvalue weighted by molar-refractivity contribution is 5.91. The minimum absolute atomic E-state index is 0.00396. The highest BCUT2D eigenvalue weighted by Crippen LogP contribution is 2.34. The van der Waals surface area contributed by atoms with Crippen LogP contribution in [-0.4, -0.2) is 14.5 Å². The van der Waals surface area contributed by atoms with Crippen LogP contribution in [0.3, 0.4) is 0 Å². The van der Waals surface area contributed by atoms with Crippen molar-refractivity contribution in [2.24, 2.45) is 7.05 Å². The van der Waals surface area contributed by atoms with Crippen LogP contribution in [0, 0.1) is 21.4 Å². The van der Waals surface area contributed by atoms with E-state index in [4.69, 9.17) is 4.74 Å². The third-order valence-corrected chi connectivity index (χ3v) is 5.59. The molecule has 34 heavy (non-hydrogen) atoms. The van der Waals surface area contributed by atoms with E-state index in [1.165, 1.54) is 6.07 Å². The van der Waals surface area contributed by atoms with Crippen molar-refractivity contribution in [2.75, 3.05) is 0 Å². The molecule has 0 fully saturated rings. The van der Waals surface area contributed by atoms with Gasteiger partial charge in [-0.2, -0.15) is 5.26 Å². The van der Waals surface area contributed by atoms with E-state index >= 15 is 0 Å². The molecule has 170 valence electrons. The molecule has 0 spiro atoms. The minimum atomic E-state index is -0.489. The Kier molecular flexibility index (Phi) is 5.91. The maximum atomic E-state index is 11.8. The number of fused-ring (bicyclic) bond motifs is 1. The summed E-state index contributed by atoms with van der Waals surface area (Å²) in [6.07, 6.45) is 1.59. The van der Waals surface area contributed by atoms with Crippen molar-refractivity contribution in [3.63, 3.8) is 0 Å². The second kappa shape index (κ2) is 8.83. The largest absolute Gasteiger partial charge is 0.450 e. The number of nitrogens with zero attached hydrogens (tertiary/aromatic N) is 4. The molecule has 0 amide bonds. The van der Waals surface area contributed by atoms with Crippen molar-refractivity contribution in [3.8, 4) is 17.6 Å². The third-order valence-electron chi connectivity index (χ3n) is 5.59. The Morgan fingerprint density at radius 3 is 2.44 bits per heavy atom. The highest BCUT2D eigenvalue weighted by atomic mass is 16.6. The van der Waals surface area contributed by atoms with Crippen molar-refractivity contribution in [2.45, 2.75) is 26.2 Å². The third kappa shape index (κ3) is 4.52. The van der Waals surface area contributed by atoms with Crippen molar-refractivity contribution < 1.29 is 9.66 Å². The van der Waals surface area contributed by atoms with Crippen molar-refractivity contribution in [1.82, 2.24) is 9.55 Å². The number of hydrogen-bond donors (Lipinski definition) is 0. The number of hydrogen-bond acceptors (Lipinski definition) is 5. The van der Waals surface area contributed by atoms with Gasteiger partial charge in [0.25, 0.3) is 0 Å². The fraction of sp³-hybridized carbons (Fsp3) is 0.185. The molecule has 1 aromatic heterocycles. The van der Waals surface area contributed by atoms with Gasteiger partial charge in [0, 0.05) is 13.1 Å². The first kappa shape index (κ1) is 22.7. The smallest absolute Gasteiger partial charge is 0.312 e. The number of allylic oxidation sites excluding steroid dienone is 1. The van der Waals surface area contributed by atoms with Crippen LogP contribution in [-0.2, 0) is 12.5 Å². The van der Waals surface area contributed by atoms with Gasteiger partial charge in [-0.15, -0.1) is 0 Å². The van der Waals surface area contributed by atoms with E-state index in [-0.39, 0.29) is 16.9 Å². The molecule has 7 nitrogen and oxygen atoms in total. The molecule has 0 saturated heterocycles. The molecule has 4 rings (SSSR count). The number of nitriles is 1. The zero-order valence-corrected chi connectivity index (χ0v) is 19.4. The van der Waals surface area contributed by atoms with Crippen molar-refractivity contribution in [1.29, 1.82) is 5.26 Å². The number of para-hydroxylation sites is 2. The lowest BCUT2D eigenvalue weighted by Crippen LogP contribution is -2.10. The molecule has 0 aliphatic heterocycles. The Morgan fingerprint density at radius 1 is 1.12 bits per heavy atom. The topological polar surface area (TPSA) is 94.0 Å². The molecule has 3 aromatic carbocycles. The fourth-order valence-electron chi connectivity index (χ4n) is 3.70. The van der Waals surface area contributed by atoms with Crippen molar-refractivity contribution >= 4 is 28.4 Å². The van der Waals surface area contributed by atoms with Crippen LogP contribution in [0.5, 0.6) is 11.5 Å². The van der Waals surface area contributed by atoms with E-state index < -0.39 is 4.92 Å². The Labute approximate surface area is 197 Å². The van der Waals surface area contributed by atoms with E-state index in [0.717, 1.165) is 16.6 Å². The van der Waals surface area contributed by atoms with E-state index in [2.05, 4.69) is 31.8 Å². The molecule has 0 radical (unpaired) electrons. The van der Waals surface area contributed by atoms with Crippen LogP contribution in [0.25, 0.3) is 22.7 Å². The number of imidazole rings is 1. The number of ether oxygens (including phenoxy) is 1. The van der Waals surface area contributed by atoms with Gasteiger partial charge < -0.3 is 9.30 Å². The molecule has 0 aliphatic rings. The summed E-state index contributed by atoms with van der Waals surface area (Å²) in [7, 11) is 1.83. The average Bonchev–Trinajstić information content (AvgIpc) is 3.14. The van der Waals surface area contributed by atoms with Gasteiger partial charge >= 0.3 is 5.69 Å². The Hall–Kier alpha value is -4.44. The summed E-state index contributed by atoms with van der Waals surface area (Å²) >= 11 is 0. The first-order chi connectivity index (χ1) is 16.2. The molecular weight excluding hydrogens is 428 g/mol. The van der Waals surface area contributed by atoms with Crippen LogP contribution in [0.4, 0.5) is 5.69 Å². The zero-order valence-electron chi connectivity index (χ0n) is 19.4. The Bertz CT molecular complexity index is 1450. The SMILES string of the molecule is Cn1c(C(C#N)=Cc2ccc(Oc3ccc(C(C)(C)C)cc3)c([N+](=O)[O-])c2)nc2ccccc21. The number of rotatable bonds is 5. The summed E-state index contributed by atoms with van der Waals surface area (Å²) in [5, 5.41) is 21.5. The molecular formula is C27H24N4O3. The number of nitro groups is 1. The van der Waals surface area contributed by atoms with E-state index in [9.17, 15) is 15.4 Å². The molecule has 1 heterocycles. The lowest BCUT2D eigenvalue weighted by atomic mass is 9.87. The molecule has 0 bridgehead atoms. The number of aromatic nitrogens is 2. The van der Waals surface area contributed by atoms with Crippen LogP contribution < -0.4 is 4.74 Å². The summed E-state index contributed by atoms with van der Waals surface area (Å²) in [5.74, 6) is 1.13. The van der Waals surface area contributed by atoms with E-state index in [0.29, 0.717) is 22.7 Å². The first-order valence-corrected chi connectivity index (χ1v) is 10.8. The normalized spacial score (nSPS) is 11.9. The number of benzene rings is 3. The van der Waals surface area contributed by atoms with Gasteiger partial charge in [-0.05, 0) is 52.9 Å². The molecule has 0 unspecified atom stereocenters. The van der Waals surface area contributed by atoms with Crippen LogP contribution >= 0.6 is 0 Å². The molecule has 0 N–H and O–H groups in total. The number of aryl methyl sites for hydroxylation is 1. The number of nitro benzene ring substituents is 1. The quantitative estimate of drug-likeness (QED) is 0.192. The summed E-state index contributed by atoms with van der Waals surface area (Å²) in [5.41, 5.74) is 3.43. The predicted octanol–water partition coefficient (Wildman–Crippen LogP) is 6.64. The summed E-state index contributed by atoms with van der Waals surface area (Å²) < 4.78 is 7.66. The van der Waals surface area contributed by atoms with E-state index in [1.54, 1.807) is 30.3 Å². The lowest BCUT2D eigenvalue weighted by Gasteiger charge is -2.19. The molecule has 0 atom stereocenters. The summed E-state index contributed by atoms with van der Waals surface area (Å²) in [4.78, 5) is 15.8. The van der Waals surface area contributed by atoms with Crippen LogP contribution in [0.15, 0.2) is 66.7 Å². The van der Waals surface area contributed by atoms with Gasteiger partial charge in [-0.1, -0.05) is 51.1 Å². The van der Waals surface area contributed by atoms with Gasteiger partial charge in [-0.25, -0.2) is 4.98 Å².